The molecule has 1 unspecified atom stereocenters. The Balaban J connectivity index is 2.04. The van der Waals surface area contributed by atoms with Crippen LogP contribution in [0.3, 0.4) is 0 Å². The monoisotopic (exact) mass is 345 g/mol. The molecule has 2 aromatic heterocycles. The molecule has 0 aromatic carbocycles. The Morgan fingerprint density at radius 3 is 2.48 bits per heavy atom. The molecule has 25 heavy (non-hydrogen) atoms. The molecule has 0 aliphatic rings. The lowest BCUT2D eigenvalue weighted by Gasteiger charge is -2.21. The van der Waals surface area contributed by atoms with Crippen molar-refractivity contribution in [3.8, 4) is 0 Å². The highest BCUT2D eigenvalue weighted by molar-refractivity contribution is 5.97. The molecule has 0 aliphatic carbocycles. The number of carbonyl (C=O) groups excluding carboxylic acids is 2. The molecule has 0 aliphatic heterocycles. The van der Waals surface area contributed by atoms with E-state index >= 15 is 0 Å². The Labute approximate surface area is 142 Å². The van der Waals surface area contributed by atoms with Gasteiger partial charge in [0.25, 0.3) is 11.5 Å². The molecule has 0 bridgehead atoms. The minimum absolute atomic E-state index is 0.0701. The van der Waals surface area contributed by atoms with E-state index in [0.29, 0.717) is 5.56 Å². The van der Waals surface area contributed by atoms with Gasteiger partial charge in [0.15, 0.2) is 0 Å². The molecular formula is C16H19N5O4. The summed E-state index contributed by atoms with van der Waals surface area (Å²) in [5, 5.41) is 5.26. The summed E-state index contributed by atoms with van der Waals surface area (Å²) >= 11 is 0. The van der Waals surface area contributed by atoms with Gasteiger partial charge in [-0.05, 0) is 18.1 Å². The molecule has 0 spiro atoms. The number of pyridine rings is 1. The number of nitrogens with zero attached hydrogens (tertiary/aromatic N) is 1. The van der Waals surface area contributed by atoms with Crippen molar-refractivity contribution in [2.24, 2.45) is 5.92 Å². The lowest BCUT2D eigenvalue weighted by atomic mass is 10.0. The van der Waals surface area contributed by atoms with Crippen LogP contribution in [0.15, 0.2) is 40.3 Å². The molecule has 9 heteroatoms. The molecule has 0 saturated heterocycles. The molecule has 0 radical (unpaired) electrons. The highest BCUT2D eigenvalue weighted by Gasteiger charge is 2.24. The van der Waals surface area contributed by atoms with Gasteiger partial charge in [0.1, 0.15) is 6.04 Å². The van der Waals surface area contributed by atoms with Crippen molar-refractivity contribution in [1.82, 2.24) is 25.6 Å². The molecular weight excluding hydrogens is 326 g/mol. The zero-order valence-corrected chi connectivity index (χ0v) is 13.8. The maximum absolute atomic E-state index is 12.4. The van der Waals surface area contributed by atoms with Gasteiger partial charge in [-0.3, -0.25) is 24.4 Å². The molecule has 0 fully saturated rings. The summed E-state index contributed by atoms with van der Waals surface area (Å²) in [4.78, 5) is 55.4. The van der Waals surface area contributed by atoms with Gasteiger partial charge < -0.3 is 15.6 Å². The maximum atomic E-state index is 12.4. The standard InChI is InChI=1S/C16H19N5O4/c1-9(2)12(20-13(22)10-3-5-17-6-4-10)15(24)18-7-11-8-19-16(25)21-14(11)23/h3-6,8-9,12H,7H2,1-2H3,(H,18,24)(H,20,22)(H2,19,21,23,25). The van der Waals surface area contributed by atoms with Crippen LogP contribution in [0.1, 0.15) is 29.8 Å². The molecule has 132 valence electrons. The van der Waals surface area contributed by atoms with E-state index < -0.39 is 29.1 Å². The van der Waals surface area contributed by atoms with Crippen molar-refractivity contribution in [2.45, 2.75) is 26.4 Å². The second-order valence-corrected chi connectivity index (χ2v) is 5.75. The highest BCUT2D eigenvalue weighted by atomic mass is 16.2. The number of aromatic nitrogens is 3. The van der Waals surface area contributed by atoms with Crippen LogP contribution in [-0.2, 0) is 11.3 Å². The van der Waals surface area contributed by atoms with Gasteiger partial charge in [0.05, 0.1) is 5.56 Å². The second kappa shape index (κ2) is 8.04. The first-order chi connectivity index (χ1) is 11.9. The van der Waals surface area contributed by atoms with Crippen LogP contribution < -0.4 is 21.9 Å². The summed E-state index contributed by atoms with van der Waals surface area (Å²) in [6.07, 6.45) is 4.21. The number of carbonyl (C=O) groups is 2. The van der Waals surface area contributed by atoms with Gasteiger partial charge in [-0.1, -0.05) is 13.8 Å². The fraction of sp³-hybridized carbons (Fsp3) is 0.312. The van der Waals surface area contributed by atoms with Crippen molar-refractivity contribution in [3.63, 3.8) is 0 Å². The first-order valence-corrected chi connectivity index (χ1v) is 7.68. The third kappa shape index (κ3) is 4.87. The SMILES string of the molecule is CC(C)C(NC(=O)c1ccncc1)C(=O)NCc1c[nH]c(=O)[nH]c1=O. The highest BCUT2D eigenvalue weighted by Crippen LogP contribution is 2.05. The van der Waals surface area contributed by atoms with Crippen LogP contribution in [0.5, 0.6) is 0 Å². The van der Waals surface area contributed by atoms with Crippen LogP contribution in [0.4, 0.5) is 0 Å². The molecule has 1 atom stereocenters. The van der Waals surface area contributed by atoms with E-state index in [4.69, 9.17) is 0 Å². The normalized spacial score (nSPS) is 11.8. The van der Waals surface area contributed by atoms with Crippen molar-refractivity contribution >= 4 is 11.8 Å². The maximum Gasteiger partial charge on any atom is 0.325 e. The van der Waals surface area contributed by atoms with E-state index in [0.717, 1.165) is 0 Å². The molecule has 0 saturated carbocycles. The average Bonchev–Trinajstić information content (AvgIpc) is 2.59. The minimum atomic E-state index is -0.775. The fourth-order valence-corrected chi connectivity index (χ4v) is 2.12. The van der Waals surface area contributed by atoms with Crippen LogP contribution >= 0.6 is 0 Å². The number of amides is 2. The molecule has 2 heterocycles. The zero-order valence-electron chi connectivity index (χ0n) is 13.8. The van der Waals surface area contributed by atoms with Gasteiger partial charge in [0, 0.05) is 30.7 Å². The fourth-order valence-electron chi connectivity index (χ4n) is 2.12. The summed E-state index contributed by atoms with van der Waals surface area (Å²) in [6.45, 7) is 3.52. The molecule has 2 rings (SSSR count). The van der Waals surface area contributed by atoms with Crippen molar-refractivity contribution in [3.05, 3.63) is 62.7 Å². The third-order valence-electron chi connectivity index (χ3n) is 3.53. The predicted octanol–water partition coefficient (Wildman–Crippen LogP) is -0.471. The topological polar surface area (TPSA) is 137 Å². The first-order valence-electron chi connectivity index (χ1n) is 7.68. The molecule has 2 amide bonds. The molecule has 4 N–H and O–H groups in total. The Morgan fingerprint density at radius 1 is 1.20 bits per heavy atom. The Kier molecular flexibility index (Phi) is 5.83. The number of hydrogen-bond donors (Lipinski definition) is 4. The summed E-state index contributed by atoms with van der Waals surface area (Å²) in [5.41, 5.74) is -0.600. The van der Waals surface area contributed by atoms with Crippen molar-refractivity contribution < 1.29 is 9.59 Å². The Morgan fingerprint density at radius 2 is 1.88 bits per heavy atom. The number of hydrogen-bond acceptors (Lipinski definition) is 5. The minimum Gasteiger partial charge on any atom is -0.350 e. The summed E-state index contributed by atoms with van der Waals surface area (Å²) in [5.74, 6) is -0.985. The Hall–Kier alpha value is -3.23. The predicted molar refractivity (Wildman–Crippen MR) is 89.9 cm³/mol. The zero-order chi connectivity index (χ0) is 18.4. The smallest absolute Gasteiger partial charge is 0.325 e. The molecule has 9 nitrogen and oxygen atoms in total. The Bertz CT molecular complexity index is 857. The van der Waals surface area contributed by atoms with E-state index in [1.165, 1.54) is 18.6 Å². The van der Waals surface area contributed by atoms with Gasteiger partial charge in [-0.2, -0.15) is 0 Å². The quantitative estimate of drug-likeness (QED) is 0.561. The number of H-pyrrole nitrogens is 2. The van der Waals surface area contributed by atoms with E-state index in [2.05, 4.69) is 25.6 Å². The van der Waals surface area contributed by atoms with Crippen LogP contribution in [0, 0.1) is 5.92 Å². The average molecular weight is 345 g/mol. The van der Waals surface area contributed by atoms with Crippen LogP contribution in [-0.4, -0.2) is 32.8 Å². The van der Waals surface area contributed by atoms with Crippen molar-refractivity contribution in [1.29, 1.82) is 0 Å². The van der Waals surface area contributed by atoms with Gasteiger partial charge in [-0.15, -0.1) is 0 Å². The van der Waals surface area contributed by atoms with E-state index in [9.17, 15) is 19.2 Å². The van der Waals surface area contributed by atoms with Crippen LogP contribution in [0.25, 0.3) is 0 Å². The van der Waals surface area contributed by atoms with E-state index in [1.54, 1.807) is 26.0 Å². The lowest BCUT2D eigenvalue weighted by molar-refractivity contribution is -0.124. The van der Waals surface area contributed by atoms with E-state index in [-0.39, 0.29) is 18.0 Å². The second-order valence-electron chi connectivity index (χ2n) is 5.75. The lowest BCUT2D eigenvalue weighted by Crippen LogP contribution is -2.49. The largest absolute Gasteiger partial charge is 0.350 e. The summed E-state index contributed by atoms with van der Waals surface area (Å²) in [7, 11) is 0. The summed E-state index contributed by atoms with van der Waals surface area (Å²) < 4.78 is 0. The van der Waals surface area contributed by atoms with Crippen molar-refractivity contribution in [2.75, 3.05) is 0 Å². The number of rotatable bonds is 6. The van der Waals surface area contributed by atoms with Gasteiger partial charge >= 0.3 is 5.69 Å². The third-order valence-corrected chi connectivity index (χ3v) is 3.53. The molecule has 2 aromatic rings. The van der Waals surface area contributed by atoms with E-state index in [1.807, 2.05) is 0 Å². The van der Waals surface area contributed by atoms with Crippen LogP contribution in [0.2, 0.25) is 0 Å². The number of aromatic amines is 2. The van der Waals surface area contributed by atoms with Gasteiger partial charge in [0.2, 0.25) is 5.91 Å². The van der Waals surface area contributed by atoms with Gasteiger partial charge in [-0.25, -0.2) is 4.79 Å². The summed E-state index contributed by atoms with van der Waals surface area (Å²) in [6, 6.07) is 2.32. The first kappa shape index (κ1) is 18.1. The number of nitrogens with one attached hydrogen (secondary N) is 4.